The van der Waals surface area contributed by atoms with Gasteiger partial charge in [0.15, 0.2) is 17.4 Å². The molecule has 144 valence electrons. The van der Waals surface area contributed by atoms with Gasteiger partial charge in [-0.3, -0.25) is 9.59 Å². The summed E-state index contributed by atoms with van der Waals surface area (Å²) in [7, 11) is 0. The van der Waals surface area contributed by atoms with E-state index in [1.807, 2.05) is 6.07 Å². The number of carbonyl (C=O) groups excluding carboxylic acids is 2. The molecule has 0 spiro atoms. The van der Waals surface area contributed by atoms with Gasteiger partial charge < -0.3 is 9.72 Å². The lowest BCUT2D eigenvalue weighted by atomic mass is 10.0. The summed E-state index contributed by atoms with van der Waals surface area (Å²) in [6.45, 7) is 2.11. The molecule has 2 heterocycles. The SMILES string of the molecule is CCOC(=O)C1CC1c1cnc2[nH]cc(C(=O)Cc3cccc(F)c3F)c2c1. The number of ether oxygens (including phenoxy) is 1. The Morgan fingerprint density at radius 1 is 1.32 bits per heavy atom. The lowest BCUT2D eigenvalue weighted by Crippen LogP contribution is -2.07. The van der Waals surface area contributed by atoms with Gasteiger partial charge in [0.1, 0.15) is 5.65 Å². The minimum Gasteiger partial charge on any atom is -0.466 e. The highest BCUT2D eigenvalue weighted by Crippen LogP contribution is 2.48. The summed E-state index contributed by atoms with van der Waals surface area (Å²) in [5, 5.41) is 0.605. The van der Waals surface area contributed by atoms with Gasteiger partial charge in [0.05, 0.1) is 12.5 Å². The van der Waals surface area contributed by atoms with Gasteiger partial charge >= 0.3 is 5.97 Å². The van der Waals surface area contributed by atoms with Gasteiger partial charge in [-0.05, 0) is 42.5 Å². The van der Waals surface area contributed by atoms with E-state index in [4.69, 9.17) is 4.74 Å². The van der Waals surface area contributed by atoms with Gasteiger partial charge in [-0.1, -0.05) is 12.1 Å². The normalized spacial score (nSPS) is 18.2. The minimum atomic E-state index is -1.01. The van der Waals surface area contributed by atoms with E-state index in [1.165, 1.54) is 18.3 Å². The fourth-order valence-corrected chi connectivity index (χ4v) is 3.48. The predicted molar refractivity (Wildman–Crippen MR) is 98.0 cm³/mol. The summed E-state index contributed by atoms with van der Waals surface area (Å²) in [5.74, 6) is -2.71. The third-order valence-electron chi connectivity index (χ3n) is 5.04. The van der Waals surface area contributed by atoms with Crippen LogP contribution in [0.15, 0.2) is 36.7 Å². The number of ketones is 1. The molecule has 1 fully saturated rings. The van der Waals surface area contributed by atoms with Crippen molar-refractivity contribution in [3.05, 3.63) is 65.0 Å². The molecule has 0 bridgehead atoms. The number of H-pyrrole nitrogens is 1. The van der Waals surface area contributed by atoms with Crippen LogP contribution in [0.1, 0.15) is 40.7 Å². The maximum absolute atomic E-state index is 13.9. The van der Waals surface area contributed by atoms with Gasteiger partial charge in [0, 0.05) is 29.8 Å². The van der Waals surface area contributed by atoms with E-state index < -0.39 is 11.6 Å². The lowest BCUT2D eigenvalue weighted by Gasteiger charge is -2.04. The molecule has 5 nitrogen and oxygen atoms in total. The van der Waals surface area contributed by atoms with Gasteiger partial charge in [-0.2, -0.15) is 0 Å². The van der Waals surface area contributed by atoms with Gasteiger partial charge in [0.25, 0.3) is 0 Å². The fraction of sp³-hybridized carbons (Fsp3) is 0.286. The minimum absolute atomic E-state index is 0.00744. The number of Topliss-reactive ketones (excluding diaryl/α,β-unsaturated/α-hetero) is 1. The van der Waals surface area contributed by atoms with Crippen molar-refractivity contribution < 1.29 is 23.1 Å². The van der Waals surface area contributed by atoms with E-state index in [2.05, 4.69) is 9.97 Å². The van der Waals surface area contributed by atoms with Crippen LogP contribution in [0.2, 0.25) is 0 Å². The molecule has 3 aromatic rings. The molecule has 2 atom stereocenters. The number of fused-ring (bicyclic) bond motifs is 1. The predicted octanol–water partition coefficient (Wildman–Crippen LogP) is 3.93. The topological polar surface area (TPSA) is 72.0 Å². The number of nitrogens with one attached hydrogen (secondary N) is 1. The summed E-state index contributed by atoms with van der Waals surface area (Å²) >= 11 is 0. The first-order valence-corrected chi connectivity index (χ1v) is 9.09. The Morgan fingerprint density at radius 2 is 2.14 bits per heavy atom. The summed E-state index contributed by atoms with van der Waals surface area (Å²) in [4.78, 5) is 31.8. The summed E-state index contributed by atoms with van der Waals surface area (Å²) in [6.07, 6.45) is 3.64. The smallest absolute Gasteiger partial charge is 0.309 e. The number of nitrogens with zero attached hydrogens (tertiary/aromatic N) is 1. The quantitative estimate of drug-likeness (QED) is 0.516. The van der Waals surface area contributed by atoms with Crippen molar-refractivity contribution in [2.24, 2.45) is 5.92 Å². The number of pyridine rings is 1. The van der Waals surface area contributed by atoms with Crippen LogP contribution in [0.25, 0.3) is 11.0 Å². The van der Waals surface area contributed by atoms with E-state index in [0.29, 0.717) is 29.6 Å². The van der Waals surface area contributed by atoms with Crippen molar-refractivity contribution in [3.8, 4) is 0 Å². The zero-order chi connectivity index (χ0) is 19.8. The molecular formula is C21H18F2N2O3. The van der Waals surface area contributed by atoms with Gasteiger partial charge in [-0.25, -0.2) is 13.8 Å². The number of esters is 1. The molecule has 1 saturated carbocycles. The number of hydrogen-bond donors (Lipinski definition) is 1. The van der Waals surface area contributed by atoms with E-state index in [-0.39, 0.29) is 35.6 Å². The molecule has 1 aliphatic rings. The molecule has 0 aliphatic heterocycles. The summed E-state index contributed by atoms with van der Waals surface area (Å²) < 4.78 is 32.3. The Bertz CT molecular complexity index is 1080. The van der Waals surface area contributed by atoms with Crippen LogP contribution in [0, 0.1) is 17.6 Å². The number of benzene rings is 1. The number of carbonyl (C=O) groups is 2. The summed E-state index contributed by atoms with van der Waals surface area (Å²) in [6, 6.07) is 5.61. The van der Waals surface area contributed by atoms with E-state index in [1.54, 1.807) is 13.1 Å². The van der Waals surface area contributed by atoms with E-state index in [0.717, 1.165) is 11.6 Å². The van der Waals surface area contributed by atoms with E-state index in [9.17, 15) is 18.4 Å². The zero-order valence-electron chi connectivity index (χ0n) is 15.2. The number of halogens is 2. The van der Waals surface area contributed by atoms with Crippen LogP contribution >= 0.6 is 0 Å². The Morgan fingerprint density at radius 3 is 2.93 bits per heavy atom. The van der Waals surface area contributed by atoms with Crippen LogP contribution in [0.4, 0.5) is 8.78 Å². The Kier molecular flexibility index (Phi) is 4.66. The molecule has 2 aromatic heterocycles. The van der Waals surface area contributed by atoms with Crippen LogP contribution in [-0.4, -0.2) is 28.3 Å². The number of hydrogen-bond acceptors (Lipinski definition) is 4. The summed E-state index contributed by atoms with van der Waals surface area (Å²) in [5.41, 5.74) is 1.76. The third-order valence-corrected chi connectivity index (χ3v) is 5.04. The standard InChI is InChI=1S/C21H18F2N2O3/c1-2-28-21(27)15-8-13(15)12-6-14-16(10-25-20(14)24-9-12)18(26)7-11-4-3-5-17(22)19(11)23/h3-6,9-10,13,15H,2,7-8H2,1H3,(H,24,25). The zero-order valence-corrected chi connectivity index (χ0v) is 15.2. The Hall–Kier alpha value is -3.09. The van der Waals surface area contributed by atoms with Crippen molar-refractivity contribution in [2.45, 2.75) is 25.7 Å². The Balaban J connectivity index is 1.59. The molecule has 1 aliphatic carbocycles. The molecular weight excluding hydrogens is 366 g/mol. The van der Waals surface area contributed by atoms with Gasteiger partial charge in [-0.15, -0.1) is 0 Å². The van der Waals surface area contributed by atoms with Crippen molar-refractivity contribution in [2.75, 3.05) is 6.61 Å². The molecule has 28 heavy (non-hydrogen) atoms. The second-order valence-corrected chi connectivity index (χ2v) is 6.88. The highest BCUT2D eigenvalue weighted by Gasteiger charge is 2.45. The van der Waals surface area contributed by atoms with Crippen molar-refractivity contribution in [3.63, 3.8) is 0 Å². The number of rotatable bonds is 6. The first-order chi connectivity index (χ1) is 13.5. The maximum atomic E-state index is 13.9. The van der Waals surface area contributed by atoms with Crippen molar-refractivity contribution in [1.82, 2.24) is 9.97 Å². The first kappa shape index (κ1) is 18.3. The largest absolute Gasteiger partial charge is 0.466 e. The maximum Gasteiger partial charge on any atom is 0.309 e. The second kappa shape index (κ2) is 7.14. The average molecular weight is 384 g/mol. The molecule has 1 aromatic carbocycles. The third kappa shape index (κ3) is 3.28. The molecule has 7 heteroatoms. The first-order valence-electron chi connectivity index (χ1n) is 9.09. The van der Waals surface area contributed by atoms with Crippen molar-refractivity contribution >= 4 is 22.8 Å². The fourth-order valence-electron chi connectivity index (χ4n) is 3.48. The Labute approximate surface area is 159 Å². The van der Waals surface area contributed by atoms with Crippen LogP contribution in [0.5, 0.6) is 0 Å². The highest BCUT2D eigenvalue weighted by atomic mass is 19.2. The molecule has 0 amide bonds. The highest BCUT2D eigenvalue weighted by molar-refractivity contribution is 6.08. The van der Waals surface area contributed by atoms with Crippen LogP contribution in [0.3, 0.4) is 0 Å². The van der Waals surface area contributed by atoms with E-state index >= 15 is 0 Å². The van der Waals surface area contributed by atoms with Crippen LogP contribution < -0.4 is 0 Å². The molecule has 4 rings (SSSR count). The molecule has 0 radical (unpaired) electrons. The van der Waals surface area contributed by atoms with Crippen molar-refractivity contribution in [1.29, 1.82) is 0 Å². The monoisotopic (exact) mass is 384 g/mol. The molecule has 2 unspecified atom stereocenters. The van der Waals surface area contributed by atoms with Crippen LogP contribution in [-0.2, 0) is 16.0 Å². The lowest BCUT2D eigenvalue weighted by molar-refractivity contribution is -0.144. The second-order valence-electron chi connectivity index (χ2n) is 6.88. The molecule has 1 N–H and O–H groups in total. The van der Waals surface area contributed by atoms with Gasteiger partial charge in [0.2, 0.25) is 0 Å². The average Bonchev–Trinajstić information content (AvgIpc) is 3.37. The molecule has 0 saturated heterocycles. The number of aromatic amines is 1. The number of aromatic nitrogens is 2.